The van der Waals surface area contributed by atoms with Gasteiger partial charge in [-0.2, -0.15) is 0 Å². The van der Waals surface area contributed by atoms with Crippen LogP contribution in [0.15, 0.2) is 30.3 Å². The zero-order valence-corrected chi connectivity index (χ0v) is 12.2. The Morgan fingerprint density at radius 1 is 1.20 bits per heavy atom. The van der Waals surface area contributed by atoms with Gasteiger partial charge in [0.15, 0.2) is 0 Å². The van der Waals surface area contributed by atoms with Crippen molar-refractivity contribution in [2.24, 2.45) is 0 Å². The predicted octanol–water partition coefficient (Wildman–Crippen LogP) is 2.82. The molecule has 0 aliphatic carbocycles. The minimum absolute atomic E-state index is 0.0727. The van der Waals surface area contributed by atoms with Crippen LogP contribution in [0.25, 0.3) is 0 Å². The first kappa shape index (κ1) is 16.0. The summed E-state index contributed by atoms with van der Waals surface area (Å²) >= 11 is 0. The van der Waals surface area contributed by atoms with Gasteiger partial charge >= 0.3 is 12.0 Å². The fraction of sp³-hybridized carbons (Fsp3) is 0.467. The van der Waals surface area contributed by atoms with E-state index in [0.29, 0.717) is 6.54 Å². The second kappa shape index (κ2) is 7.53. The van der Waals surface area contributed by atoms with Crippen molar-refractivity contribution in [1.29, 1.82) is 0 Å². The predicted molar refractivity (Wildman–Crippen MR) is 79.0 cm³/mol. The van der Waals surface area contributed by atoms with Crippen LogP contribution in [0.1, 0.15) is 27.2 Å². The highest BCUT2D eigenvalue weighted by Crippen LogP contribution is 2.17. The molecule has 2 amide bonds. The van der Waals surface area contributed by atoms with Gasteiger partial charge in [0.25, 0.3) is 0 Å². The molecule has 0 fully saturated rings. The number of carbonyl (C=O) groups is 2. The van der Waals surface area contributed by atoms with E-state index in [1.165, 1.54) is 4.90 Å². The van der Waals surface area contributed by atoms with E-state index >= 15 is 0 Å². The van der Waals surface area contributed by atoms with E-state index in [-0.39, 0.29) is 25.0 Å². The zero-order chi connectivity index (χ0) is 15.1. The number of amides is 2. The molecule has 0 unspecified atom stereocenters. The average Bonchev–Trinajstić information content (AvgIpc) is 2.40. The fourth-order valence-corrected chi connectivity index (χ4v) is 2.03. The Labute approximate surface area is 119 Å². The first-order chi connectivity index (χ1) is 9.47. The van der Waals surface area contributed by atoms with Crippen LogP contribution in [0.4, 0.5) is 10.5 Å². The second-order valence-electron chi connectivity index (χ2n) is 4.79. The number of hydrogen-bond donors (Lipinski definition) is 1. The van der Waals surface area contributed by atoms with Crippen molar-refractivity contribution < 1.29 is 14.7 Å². The van der Waals surface area contributed by atoms with E-state index in [4.69, 9.17) is 5.11 Å². The summed E-state index contributed by atoms with van der Waals surface area (Å²) in [6.45, 7) is 6.57. The monoisotopic (exact) mass is 278 g/mol. The Morgan fingerprint density at radius 2 is 1.80 bits per heavy atom. The SMILES string of the molecule is CCN(C(=O)N(CCC(=O)O)c1ccccc1)C(C)C. The number of para-hydroxylation sites is 1. The highest BCUT2D eigenvalue weighted by atomic mass is 16.4. The lowest BCUT2D eigenvalue weighted by Gasteiger charge is -2.32. The number of carboxylic acids is 1. The van der Waals surface area contributed by atoms with Crippen molar-refractivity contribution in [1.82, 2.24) is 4.90 Å². The molecule has 5 nitrogen and oxygen atoms in total. The summed E-state index contributed by atoms with van der Waals surface area (Å²) in [6, 6.07) is 9.08. The first-order valence-corrected chi connectivity index (χ1v) is 6.82. The molecule has 0 aliphatic rings. The zero-order valence-electron chi connectivity index (χ0n) is 12.2. The Bertz CT molecular complexity index is 446. The normalized spacial score (nSPS) is 10.4. The van der Waals surface area contributed by atoms with Crippen LogP contribution in [0.2, 0.25) is 0 Å². The molecule has 0 saturated carbocycles. The van der Waals surface area contributed by atoms with E-state index in [9.17, 15) is 9.59 Å². The van der Waals surface area contributed by atoms with Gasteiger partial charge in [0.1, 0.15) is 0 Å². The Balaban J connectivity index is 2.98. The van der Waals surface area contributed by atoms with Gasteiger partial charge in [-0.05, 0) is 32.9 Å². The lowest BCUT2D eigenvalue weighted by Crippen LogP contribution is -2.47. The van der Waals surface area contributed by atoms with Gasteiger partial charge in [-0.25, -0.2) is 4.79 Å². The van der Waals surface area contributed by atoms with Gasteiger partial charge in [0, 0.05) is 24.8 Å². The maximum Gasteiger partial charge on any atom is 0.324 e. The third-order valence-electron chi connectivity index (χ3n) is 3.06. The maximum absolute atomic E-state index is 12.6. The summed E-state index contributed by atoms with van der Waals surface area (Å²) in [5.74, 6) is -0.911. The van der Waals surface area contributed by atoms with E-state index in [0.717, 1.165) is 5.69 Å². The Hall–Kier alpha value is -2.04. The fourth-order valence-electron chi connectivity index (χ4n) is 2.03. The van der Waals surface area contributed by atoms with E-state index in [1.54, 1.807) is 4.90 Å². The highest BCUT2D eigenvalue weighted by Gasteiger charge is 2.23. The third-order valence-corrected chi connectivity index (χ3v) is 3.06. The smallest absolute Gasteiger partial charge is 0.324 e. The average molecular weight is 278 g/mol. The molecule has 0 aromatic heterocycles. The first-order valence-electron chi connectivity index (χ1n) is 6.82. The van der Waals surface area contributed by atoms with E-state index in [1.807, 2.05) is 51.1 Å². The standard InChI is InChI=1S/C15H22N2O3/c1-4-16(12(2)3)15(20)17(11-10-14(18)19)13-8-6-5-7-9-13/h5-9,12H,4,10-11H2,1-3H3,(H,18,19). The molecule has 0 atom stereocenters. The summed E-state index contributed by atoms with van der Waals surface area (Å²) in [6.07, 6.45) is -0.0731. The molecule has 0 aliphatic heterocycles. The van der Waals surface area contributed by atoms with Crippen molar-refractivity contribution in [2.75, 3.05) is 18.0 Å². The molecule has 1 aromatic carbocycles. The summed E-state index contributed by atoms with van der Waals surface area (Å²) < 4.78 is 0. The number of rotatable bonds is 6. The lowest BCUT2D eigenvalue weighted by atomic mass is 10.2. The number of carbonyl (C=O) groups excluding carboxylic acids is 1. The molecule has 0 spiro atoms. The molecule has 0 heterocycles. The Kier molecular flexibility index (Phi) is 6.03. The number of aliphatic carboxylic acids is 1. The van der Waals surface area contributed by atoms with Gasteiger partial charge in [0.05, 0.1) is 6.42 Å². The molecular weight excluding hydrogens is 256 g/mol. The van der Waals surface area contributed by atoms with Gasteiger partial charge in [-0.15, -0.1) is 0 Å². The maximum atomic E-state index is 12.6. The minimum Gasteiger partial charge on any atom is -0.481 e. The van der Waals surface area contributed by atoms with Crippen LogP contribution >= 0.6 is 0 Å². The molecule has 20 heavy (non-hydrogen) atoms. The number of anilines is 1. The number of urea groups is 1. The molecule has 0 bridgehead atoms. The minimum atomic E-state index is -0.911. The van der Waals surface area contributed by atoms with E-state index < -0.39 is 5.97 Å². The van der Waals surface area contributed by atoms with Crippen LogP contribution in [0, 0.1) is 0 Å². The lowest BCUT2D eigenvalue weighted by molar-refractivity contribution is -0.136. The summed E-state index contributed by atoms with van der Waals surface area (Å²) in [4.78, 5) is 26.6. The molecule has 1 N–H and O–H groups in total. The summed E-state index contributed by atoms with van der Waals surface area (Å²) in [5, 5.41) is 8.84. The van der Waals surface area contributed by atoms with Crippen molar-refractivity contribution >= 4 is 17.7 Å². The molecular formula is C15H22N2O3. The van der Waals surface area contributed by atoms with Crippen LogP contribution in [0.3, 0.4) is 0 Å². The Morgan fingerprint density at radius 3 is 2.25 bits per heavy atom. The molecule has 0 radical (unpaired) electrons. The molecule has 1 rings (SSSR count). The number of carboxylic acid groups (broad SMARTS) is 1. The number of nitrogens with zero attached hydrogens (tertiary/aromatic N) is 2. The van der Waals surface area contributed by atoms with Crippen LogP contribution in [0.5, 0.6) is 0 Å². The van der Waals surface area contributed by atoms with Gasteiger partial charge in [-0.3, -0.25) is 9.69 Å². The van der Waals surface area contributed by atoms with Crippen molar-refractivity contribution in [3.8, 4) is 0 Å². The molecule has 110 valence electrons. The van der Waals surface area contributed by atoms with Crippen LogP contribution in [-0.2, 0) is 4.79 Å². The number of hydrogen-bond acceptors (Lipinski definition) is 2. The van der Waals surface area contributed by atoms with Gasteiger partial charge < -0.3 is 10.0 Å². The van der Waals surface area contributed by atoms with E-state index in [2.05, 4.69) is 0 Å². The van der Waals surface area contributed by atoms with Gasteiger partial charge in [-0.1, -0.05) is 18.2 Å². The van der Waals surface area contributed by atoms with Crippen molar-refractivity contribution in [3.63, 3.8) is 0 Å². The molecule has 5 heteroatoms. The quantitative estimate of drug-likeness (QED) is 0.870. The summed E-state index contributed by atoms with van der Waals surface area (Å²) in [5.41, 5.74) is 0.720. The van der Waals surface area contributed by atoms with Gasteiger partial charge in [0.2, 0.25) is 0 Å². The number of benzene rings is 1. The largest absolute Gasteiger partial charge is 0.481 e. The topological polar surface area (TPSA) is 60.9 Å². The highest BCUT2D eigenvalue weighted by molar-refractivity contribution is 5.92. The van der Waals surface area contributed by atoms with Crippen LogP contribution in [-0.4, -0.2) is 41.1 Å². The van der Waals surface area contributed by atoms with Crippen molar-refractivity contribution in [3.05, 3.63) is 30.3 Å². The van der Waals surface area contributed by atoms with Crippen molar-refractivity contribution in [2.45, 2.75) is 33.2 Å². The van der Waals surface area contributed by atoms with Crippen LogP contribution < -0.4 is 4.90 Å². The molecule has 1 aromatic rings. The second-order valence-corrected chi connectivity index (χ2v) is 4.79. The molecule has 0 saturated heterocycles. The third kappa shape index (κ3) is 4.26. The summed E-state index contributed by atoms with van der Waals surface area (Å²) in [7, 11) is 0.